The number of aromatic amines is 2. The van der Waals surface area contributed by atoms with E-state index in [4.69, 9.17) is 67.8 Å². The summed E-state index contributed by atoms with van der Waals surface area (Å²) in [5.41, 5.74) is 0.239. The second kappa shape index (κ2) is 33.2. The number of rotatable bonds is 22. The number of imidazole rings is 1. The van der Waals surface area contributed by atoms with Gasteiger partial charge in [-0.15, -0.1) is 0 Å². The molecule has 28 nitrogen and oxygen atoms in total. The van der Waals surface area contributed by atoms with Crippen molar-refractivity contribution in [3.63, 3.8) is 0 Å². The summed E-state index contributed by atoms with van der Waals surface area (Å²) in [5, 5.41) is 13.9. The first-order chi connectivity index (χ1) is 41.6. The average Bonchev–Trinajstić information content (AvgIpc) is 2.65. The standard InChI is InChI=1S/C26H30N3O10P.C17H19ClNO5P.C9H12N2O5.C4H6N2/c1-17-13-29(26(32)27-24(17)30)22-15-35-23(38-22)16-37-40(33,39-21-11-9-20(34-3)10-12-21)28-18(2)25(31)36-14-19-7-5-4-6-8-19;1-13(17(20)23-12-14-6-4-3-5-7-14)19-25(18,21)24-16-10-8-15(22-2)9-11-16;1-5-2-11(9(14)10-8(5)13)6-4-15-7(3-12)16-6;1-6-3-2-5-4-6/h4-13,18,22-23H,14-16H2,1-3H3,(H,28,33)(H,27,30,32);3-11,13H,12H2,1-2H3,(H,19,21);2,6-7,12H,3-4H2,1H3,(H,10,13,14);2-4H,1H3/t18-,22+,23+,40?;13-,25?;6-,7-;/m001./s1. The minimum absolute atomic E-state index is 0.0291. The molecule has 31 heteroatoms. The highest BCUT2D eigenvalue weighted by Crippen LogP contribution is 2.49. The number of aliphatic hydroxyl groups is 1. The van der Waals surface area contributed by atoms with E-state index < -0.39 is 86.2 Å². The third-order valence-electron chi connectivity index (χ3n) is 12.0. The van der Waals surface area contributed by atoms with Crippen LogP contribution in [0.1, 0.15) is 48.6 Å². The molecule has 2 fully saturated rings. The molecule has 3 aromatic heterocycles. The van der Waals surface area contributed by atoms with Gasteiger partial charge in [-0.3, -0.25) is 42.8 Å². The van der Waals surface area contributed by atoms with Crippen molar-refractivity contribution < 1.29 is 75.3 Å². The van der Waals surface area contributed by atoms with Gasteiger partial charge in [0.1, 0.15) is 54.9 Å². The number of carbonyl (C=O) groups is 2. The first-order valence-electron chi connectivity index (χ1n) is 26.5. The molecule has 9 rings (SSSR count). The van der Waals surface area contributed by atoms with Gasteiger partial charge in [-0.05, 0) is 87.4 Å². The van der Waals surface area contributed by atoms with E-state index in [-0.39, 0.29) is 51.1 Å². The lowest BCUT2D eigenvalue weighted by Gasteiger charge is -2.24. The zero-order valence-electron chi connectivity index (χ0n) is 48.3. The molecule has 0 aliphatic carbocycles. The molecule has 0 spiro atoms. The van der Waals surface area contributed by atoms with E-state index in [0.29, 0.717) is 22.6 Å². The minimum atomic E-state index is -4.21. The molecule has 2 saturated heterocycles. The van der Waals surface area contributed by atoms with Crippen LogP contribution in [0.3, 0.4) is 0 Å². The fourth-order valence-electron chi connectivity index (χ4n) is 7.39. The van der Waals surface area contributed by atoms with Gasteiger partial charge in [-0.2, -0.15) is 5.09 Å². The summed E-state index contributed by atoms with van der Waals surface area (Å²) in [7, 11) is 0.771. The van der Waals surface area contributed by atoms with E-state index in [1.807, 2.05) is 78.5 Å². The summed E-state index contributed by atoms with van der Waals surface area (Å²) in [6.45, 7) is 1.99. The summed E-state index contributed by atoms with van der Waals surface area (Å²) in [6, 6.07) is 29.1. The lowest BCUT2D eigenvalue weighted by Crippen LogP contribution is -2.36. The SMILES string of the molecule is COc1ccc(OP(=O)(Cl)N[C@@H](C)C(=O)OCc2ccccc2)cc1.COc1ccc(OP(=O)(N[C@@H](C)C(=O)OCc2ccccc2)OC[C@@H]2OC[C@H](n3cc(C)c(=O)[nH]c3=O)O2)cc1.Cc1cn([C@H]2CO[C@@H](CO)O2)c(=O)[nH]c1=O.Cn1ccnc1. The van der Waals surface area contributed by atoms with E-state index in [0.717, 1.165) is 11.1 Å². The maximum Gasteiger partial charge on any atom is 0.459 e. The molecule has 4 aromatic carbocycles. The van der Waals surface area contributed by atoms with Gasteiger partial charge in [0.25, 0.3) is 11.1 Å². The van der Waals surface area contributed by atoms with Crippen molar-refractivity contribution in [2.24, 2.45) is 7.05 Å². The number of nitrogens with one attached hydrogen (secondary N) is 4. The predicted molar refractivity (Wildman–Crippen MR) is 314 cm³/mol. The monoisotopic (exact) mass is 1270 g/mol. The number of hydrogen-bond donors (Lipinski definition) is 5. The first kappa shape index (κ1) is 68.1. The van der Waals surface area contributed by atoms with Crippen LogP contribution in [0.2, 0.25) is 0 Å². The highest BCUT2D eigenvalue weighted by Gasteiger charge is 2.37. The van der Waals surface area contributed by atoms with Crippen molar-refractivity contribution in [2.75, 3.05) is 40.6 Å². The lowest BCUT2D eigenvalue weighted by atomic mass is 10.2. The molecule has 0 saturated carbocycles. The normalized spacial score (nSPS) is 18.0. The van der Waals surface area contributed by atoms with Gasteiger partial charge in [0.15, 0.2) is 25.0 Å². The van der Waals surface area contributed by atoms with Crippen molar-refractivity contribution in [3.8, 4) is 23.0 Å². The Morgan fingerprint density at radius 1 is 0.678 bits per heavy atom. The number of aliphatic hydroxyl groups excluding tert-OH is 1. The number of H-pyrrole nitrogens is 2. The van der Waals surface area contributed by atoms with Crippen LogP contribution in [0.25, 0.3) is 0 Å². The number of hydrogen-bond acceptors (Lipinski definition) is 21. The number of nitrogens with zero attached hydrogens (tertiary/aromatic N) is 4. The van der Waals surface area contributed by atoms with Crippen molar-refractivity contribution in [1.29, 1.82) is 0 Å². The van der Waals surface area contributed by atoms with Crippen molar-refractivity contribution >= 4 is 37.8 Å². The molecule has 2 aliphatic heterocycles. The Bertz CT molecular complexity index is 3630. The van der Waals surface area contributed by atoms with Crippen LogP contribution in [-0.4, -0.2) is 111 Å². The molecule has 0 radical (unpaired) electrons. The number of carbonyl (C=O) groups excluding carboxylic acids is 2. The number of methoxy groups -OCH3 is 2. The molecule has 0 bridgehead atoms. The second-order valence-electron chi connectivity index (χ2n) is 18.8. The molecule has 2 unspecified atom stereocenters. The average molecular weight is 1270 g/mol. The van der Waals surface area contributed by atoms with Crippen LogP contribution < -0.4 is 51.2 Å². The molecular formula is C56H67ClN8O20P2. The molecule has 8 atom stereocenters. The second-order valence-corrected chi connectivity index (χ2v) is 23.2. The Morgan fingerprint density at radius 2 is 1.11 bits per heavy atom. The summed E-state index contributed by atoms with van der Waals surface area (Å²) in [4.78, 5) is 79.3. The molecule has 0 amide bonds. The zero-order chi connectivity index (χ0) is 63.1. The molecule has 468 valence electrons. The smallest absolute Gasteiger partial charge is 0.459 e. The first-order valence-corrected chi connectivity index (χ1v) is 30.5. The Morgan fingerprint density at radius 3 is 1.53 bits per heavy atom. The van der Waals surface area contributed by atoms with Crippen LogP contribution in [0.5, 0.6) is 23.0 Å². The minimum Gasteiger partial charge on any atom is -0.497 e. The Hall–Kier alpha value is -7.98. The van der Waals surface area contributed by atoms with Gasteiger partial charge < -0.3 is 56.6 Å². The van der Waals surface area contributed by atoms with Crippen LogP contribution in [0.15, 0.2) is 159 Å². The van der Waals surface area contributed by atoms with E-state index in [1.54, 1.807) is 62.8 Å². The summed E-state index contributed by atoms with van der Waals surface area (Å²) in [6.07, 6.45) is 4.96. The Labute approximate surface area is 503 Å². The third kappa shape index (κ3) is 22.0. The summed E-state index contributed by atoms with van der Waals surface area (Å²) in [5.74, 6) is 0.401. The fraction of sp³-hybridized carbons (Fsp3) is 0.339. The maximum atomic E-state index is 13.8. The van der Waals surface area contributed by atoms with Crippen LogP contribution in [0, 0.1) is 13.8 Å². The van der Waals surface area contributed by atoms with Gasteiger partial charge in [-0.25, -0.2) is 28.8 Å². The van der Waals surface area contributed by atoms with Crippen LogP contribution in [-0.2, 0) is 71.9 Å². The van der Waals surface area contributed by atoms with Crippen LogP contribution in [0.4, 0.5) is 0 Å². The summed E-state index contributed by atoms with van der Waals surface area (Å²) < 4.78 is 89.1. The third-order valence-corrected chi connectivity index (χ3v) is 15.3. The molecule has 5 N–H and O–H groups in total. The van der Waals surface area contributed by atoms with E-state index in [2.05, 4.69) is 25.1 Å². The van der Waals surface area contributed by atoms with E-state index in [9.17, 15) is 37.9 Å². The number of benzene rings is 4. The topological polar surface area (TPSA) is 342 Å². The molecule has 7 aromatic rings. The molecule has 5 heterocycles. The van der Waals surface area contributed by atoms with Crippen LogP contribution >= 0.6 is 25.9 Å². The Kier molecular flexibility index (Phi) is 26.0. The fourth-order valence-corrected chi connectivity index (χ4v) is 10.6. The summed E-state index contributed by atoms with van der Waals surface area (Å²) >= 11 is 5.88. The number of esters is 2. The Balaban J connectivity index is 0.000000217. The number of ether oxygens (including phenoxy) is 8. The molecule has 87 heavy (non-hydrogen) atoms. The predicted octanol–water partition coefficient (Wildman–Crippen LogP) is 5.92. The highest BCUT2D eigenvalue weighted by molar-refractivity contribution is 7.84. The van der Waals surface area contributed by atoms with Crippen molar-refractivity contribution in [2.45, 2.75) is 78.0 Å². The van der Waals surface area contributed by atoms with Gasteiger partial charge in [0.2, 0.25) is 0 Å². The number of aromatic nitrogens is 6. The van der Waals surface area contributed by atoms with E-state index in [1.165, 1.54) is 61.7 Å². The van der Waals surface area contributed by atoms with Gasteiger partial charge >= 0.3 is 37.9 Å². The number of halogens is 1. The van der Waals surface area contributed by atoms with Gasteiger partial charge in [-0.1, -0.05) is 60.7 Å². The highest BCUT2D eigenvalue weighted by atomic mass is 35.7. The maximum absolute atomic E-state index is 13.8. The van der Waals surface area contributed by atoms with E-state index >= 15 is 0 Å². The van der Waals surface area contributed by atoms with Gasteiger partial charge in [0, 0.05) is 54.2 Å². The molecular weight excluding hydrogens is 1200 g/mol. The largest absolute Gasteiger partial charge is 0.497 e. The van der Waals surface area contributed by atoms with Gasteiger partial charge in [0.05, 0.1) is 40.4 Å². The zero-order valence-corrected chi connectivity index (χ0v) is 50.8. The van der Waals surface area contributed by atoms with Crippen molar-refractivity contribution in [3.05, 3.63) is 204 Å². The number of aryl methyl sites for hydroxylation is 3. The van der Waals surface area contributed by atoms with Crippen molar-refractivity contribution in [1.82, 2.24) is 38.8 Å². The lowest BCUT2D eigenvalue weighted by molar-refractivity contribution is -0.147. The quantitative estimate of drug-likeness (QED) is 0.0388. The molecule has 2 aliphatic rings.